The number of likely N-dealkylation sites (tertiary alicyclic amines) is 1. The van der Waals surface area contributed by atoms with E-state index in [4.69, 9.17) is 4.74 Å². The quantitative estimate of drug-likeness (QED) is 0.848. The molecule has 146 valence electrons. The van der Waals surface area contributed by atoms with Gasteiger partial charge in [0.25, 0.3) is 0 Å². The summed E-state index contributed by atoms with van der Waals surface area (Å²) in [6.45, 7) is 2.04. The van der Waals surface area contributed by atoms with Crippen LogP contribution in [0.3, 0.4) is 0 Å². The van der Waals surface area contributed by atoms with Crippen LogP contribution in [0.15, 0.2) is 29.8 Å². The Morgan fingerprint density at radius 3 is 2.93 bits per heavy atom. The maximum atomic E-state index is 12.7. The standard InChI is InChI=1S/C19H20N4O4S/c1-12(17(26)21-18-22-20-11-28-18)23-9-8-19(7-6-16(23)25)10-14(24)13-4-2-3-5-15(13)27-19/h2-5,11-12H,6-10H2,1H3,(H,21,22,26)/t12-,19+/m0/s1. The van der Waals surface area contributed by atoms with Crippen LogP contribution >= 0.6 is 11.3 Å². The van der Waals surface area contributed by atoms with Gasteiger partial charge >= 0.3 is 0 Å². The molecule has 9 heteroatoms. The molecule has 8 nitrogen and oxygen atoms in total. The zero-order valence-corrected chi connectivity index (χ0v) is 16.2. The van der Waals surface area contributed by atoms with E-state index in [1.165, 1.54) is 16.8 Å². The van der Waals surface area contributed by atoms with Gasteiger partial charge in [0.2, 0.25) is 16.9 Å². The van der Waals surface area contributed by atoms with Crippen molar-refractivity contribution in [1.82, 2.24) is 15.1 Å². The predicted molar refractivity (Wildman–Crippen MR) is 102 cm³/mol. The fourth-order valence-electron chi connectivity index (χ4n) is 3.76. The lowest BCUT2D eigenvalue weighted by atomic mass is 9.84. The molecule has 0 saturated carbocycles. The normalized spacial score (nSPS) is 23.0. The number of ether oxygens (including phenoxy) is 1. The molecule has 0 aliphatic carbocycles. The summed E-state index contributed by atoms with van der Waals surface area (Å²) < 4.78 is 6.22. The third-order valence-corrected chi connectivity index (χ3v) is 5.96. The van der Waals surface area contributed by atoms with Crippen LogP contribution in [0.5, 0.6) is 5.75 Å². The first-order valence-electron chi connectivity index (χ1n) is 9.15. The molecule has 1 saturated heterocycles. The minimum Gasteiger partial charge on any atom is -0.486 e. The topological polar surface area (TPSA) is 101 Å². The number of nitrogens with one attached hydrogen (secondary N) is 1. The Labute approximate surface area is 165 Å². The molecule has 3 heterocycles. The summed E-state index contributed by atoms with van der Waals surface area (Å²) >= 11 is 1.22. The lowest BCUT2D eigenvalue weighted by Gasteiger charge is -2.37. The zero-order chi connectivity index (χ0) is 19.7. The Morgan fingerprint density at radius 1 is 1.32 bits per heavy atom. The number of hydrogen-bond acceptors (Lipinski definition) is 7. The van der Waals surface area contributed by atoms with Crippen molar-refractivity contribution in [3.63, 3.8) is 0 Å². The Morgan fingerprint density at radius 2 is 2.14 bits per heavy atom. The Kier molecular flexibility index (Phi) is 4.84. The van der Waals surface area contributed by atoms with Crippen molar-refractivity contribution < 1.29 is 19.1 Å². The molecular weight excluding hydrogens is 380 g/mol. The lowest BCUT2D eigenvalue weighted by Crippen LogP contribution is -2.46. The van der Waals surface area contributed by atoms with Gasteiger partial charge < -0.3 is 9.64 Å². The van der Waals surface area contributed by atoms with E-state index in [1.54, 1.807) is 24.0 Å². The molecule has 28 heavy (non-hydrogen) atoms. The van der Waals surface area contributed by atoms with E-state index in [2.05, 4.69) is 15.5 Å². The average molecular weight is 400 g/mol. The summed E-state index contributed by atoms with van der Waals surface area (Å²) in [6.07, 6.45) is 1.42. The summed E-state index contributed by atoms with van der Waals surface area (Å²) in [5.74, 6) is 0.172. The summed E-state index contributed by atoms with van der Waals surface area (Å²) in [5, 5.41) is 10.6. The molecule has 0 bridgehead atoms. The Hall–Kier alpha value is -2.81. The molecule has 0 unspecified atom stereocenters. The number of carbonyl (C=O) groups excluding carboxylic acids is 3. The van der Waals surface area contributed by atoms with Crippen LogP contribution in [0.1, 0.15) is 43.0 Å². The second kappa shape index (κ2) is 7.31. The highest BCUT2D eigenvalue weighted by Gasteiger charge is 2.44. The van der Waals surface area contributed by atoms with Crippen molar-refractivity contribution >= 4 is 34.1 Å². The van der Waals surface area contributed by atoms with Gasteiger partial charge in [0.05, 0.1) is 12.0 Å². The maximum absolute atomic E-state index is 12.7. The fraction of sp³-hybridized carbons (Fsp3) is 0.421. The summed E-state index contributed by atoms with van der Waals surface area (Å²) in [7, 11) is 0. The third-order valence-electron chi connectivity index (χ3n) is 5.36. The Balaban J connectivity index is 1.49. The number of nitrogens with zero attached hydrogens (tertiary/aromatic N) is 3. The molecular formula is C19H20N4O4S. The van der Waals surface area contributed by atoms with Crippen LogP contribution < -0.4 is 10.1 Å². The minimum absolute atomic E-state index is 0.0322. The van der Waals surface area contributed by atoms with Crippen LogP contribution in [-0.2, 0) is 9.59 Å². The van der Waals surface area contributed by atoms with Gasteiger partial charge in [-0.25, -0.2) is 0 Å². The highest BCUT2D eigenvalue weighted by atomic mass is 32.1. The second-order valence-corrected chi connectivity index (χ2v) is 7.96. The van der Waals surface area contributed by atoms with E-state index in [0.717, 1.165) is 0 Å². The number of carbonyl (C=O) groups is 3. The van der Waals surface area contributed by atoms with Crippen LogP contribution in [0.4, 0.5) is 5.13 Å². The number of aromatic nitrogens is 2. The van der Waals surface area contributed by atoms with Crippen molar-refractivity contribution in [3.05, 3.63) is 35.3 Å². The highest BCUT2D eigenvalue weighted by Crippen LogP contribution is 2.39. The number of ketones is 1. The van der Waals surface area contributed by atoms with Crippen molar-refractivity contribution in [3.8, 4) is 5.75 Å². The number of Topliss-reactive ketones (excluding diaryl/α,β-unsaturated/α-hetero) is 1. The number of rotatable bonds is 3. The average Bonchev–Trinajstić information content (AvgIpc) is 3.14. The first-order valence-corrected chi connectivity index (χ1v) is 10.0. The van der Waals surface area contributed by atoms with Crippen LogP contribution in [0.25, 0.3) is 0 Å². The van der Waals surface area contributed by atoms with Crippen molar-refractivity contribution in [2.75, 3.05) is 11.9 Å². The first kappa shape index (κ1) is 18.5. The molecule has 1 fully saturated rings. The number of para-hydroxylation sites is 1. The molecule has 1 spiro atoms. The molecule has 2 aliphatic heterocycles. The molecule has 4 rings (SSSR count). The van der Waals surface area contributed by atoms with Crippen LogP contribution in [-0.4, -0.2) is 50.9 Å². The number of amides is 2. The monoisotopic (exact) mass is 400 g/mol. The van der Waals surface area contributed by atoms with Gasteiger partial charge in [0, 0.05) is 19.4 Å². The molecule has 2 aromatic rings. The van der Waals surface area contributed by atoms with E-state index in [-0.39, 0.29) is 30.4 Å². The van der Waals surface area contributed by atoms with Crippen molar-refractivity contribution in [1.29, 1.82) is 0 Å². The van der Waals surface area contributed by atoms with Gasteiger partial charge in [-0.05, 0) is 25.5 Å². The maximum Gasteiger partial charge on any atom is 0.248 e. The largest absolute Gasteiger partial charge is 0.486 e. The lowest BCUT2D eigenvalue weighted by molar-refractivity contribution is -0.137. The van der Waals surface area contributed by atoms with Gasteiger partial charge in [-0.3, -0.25) is 19.7 Å². The molecule has 2 amide bonds. The second-order valence-electron chi connectivity index (χ2n) is 7.13. The summed E-state index contributed by atoms with van der Waals surface area (Å²) in [6, 6.07) is 6.54. The molecule has 1 aromatic carbocycles. The van der Waals surface area contributed by atoms with Crippen molar-refractivity contribution in [2.24, 2.45) is 0 Å². The van der Waals surface area contributed by atoms with E-state index in [9.17, 15) is 14.4 Å². The van der Waals surface area contributed by atoms with E-state index in [0.29, 0.717) is 35.8 Å². The smallest absolute Gasteiger partial charge is 0.248 e. The molecule has 1 aromatic heterocycles. The number of hydrogen-bond donors (Lipinski definition) is 1. The molecule has 1 N–H and O–H groups in total. The zero-order valence-electron chi connectivity index (χ0n) is 15.4. The minimum atomic E-state index is -0.703. The van der Waals surface area contributed by atoms with Crippen LogP contribution in [0.2, 0.25) is 0 Å². The molecule has 0 radical (unpaired) electrons. The Bertz CT molecular complexity index is 916. The predicted octanol–water partition coefficient (Wildman–Crippen LogP) is 2.28. The summed E-state index contributed by atoms with van der Waals surface area (Å²) in [5.41, 5.74) is 1.41. The number of anilines is 1. The highest BCUT2D eigenvalue weighted by molar-refractivity contribution is 7.13. The molecule has 2 aliphatic rings. The summed E-state index contributed by atoms with van der Waals surface area (Å²) in [4.78, 5) is 39.3. The first-order chi connectivity index (χ1) is 13.5. The SMILES string of the molecule is C[C@@H](C(=O)Nc1nncs1)N1CC[C@]2(CCC1=O)CC(=O)c1ccccc1O2. The fourth-order valence-corrected chi connectivity index (χ4v) is 4.21. The van der Waals surface area contributed by atoms with E-state index >= 15 is 0 Å². The van der Waals surface area contributed by atoms with Gasteiger partial charge in [-0.2, -0.15) is 0 Å². The van der Waals surface area contributed by atoms with Gasteiger partial charge in [-0.15, -0.1) is 10.2 Å². The number of benzene rings is 1. The van der Waals surface area contributed by atoms with Crippen molar-refractivity contribution in [2.45, 2.75) is 44.2 Å². The van der Waals surface area contributed by atoms with Gasteiger partial charge in [-0.1, -0.05) is 23.5 Å². The van der Waals surface area contributed by atoms with Gasteiger partial charge in [0.1, 0.15) is 22.9 Å². The van der Waals surface area contributed by atoms with E-state index < -0.39 is 11.6 Å². The molecule has 2 atom stereocenters. The third kappa shape index (κ3) is 3.49. The number of fused-ring (bicyclic) bond motifs is 1. The van der Waals surface area contributed by atoms with Crippen LogP contribution in [0, 0.1) is 0 Å². The van der Waals surface area contributed by atoms with Gasteiger partial charge in [0.15, 0.2) is 5.78 Å². The van der Waals surface area contributed by atoms with E-state index in [1.807, 2.05) is 12.1 Å².